The average Bonchev–Trinajstić information content (AvgIpc) is 2.18. The number of thioether (sulfide) groups is 1. The third kappa shape index (κ3) is 2.80. The molecule has 0 aliphatic carbocycles. The molecule has 0 aliphatic heterocycles. The summed E-state index contributed by atoms with van der Waals surface area (Å²) in [6.07, 6.45) is 3.93. The molecule has 1 aromatic heterocycles. The molecular formula is C10H17N3S. The number of hydrogen-bond donors (Lipinski definition) is 1. The van der Waals surface area contributed by atoms with Gasteiger partial charge in [-0.1, -0.05) is 0 Å². The van der Waals surface area contributed by atoms with Gasteiger partial charge in [-0.15, -0.1) is 0 Å². The molecule has 0 fully saturated rings. The van der Waals surface area contributed by atoms with Crippen molar-refractivity contribution in [2.75, 3.05) is 29.7 Å². The van der Waals surface area contributed by atoms with Crippen LogP contribution < -0.4 is 10.6 Å². The van der Waals surface area contributed by atoms with Gasteiger partial charge in [0.05, 0.1) is 11.9 Å². The molecule has 1 heterocycles. The van der Waals surface area contributed by atoms with Crippen LogP contribution in [0.1, 0.15) is 6.92 Å². The van der Waals surface area contributed by atoms with Crippen molar-refractivity contribution in [3.63, 3.8) is 0 Å². The number of nitrogen functional groups attached to an aromatic ring is 1. The van der Waals surface area contributed by atoms with Crippen molar-refractivity contribution in [1.82, 2.24) is 4.98 Å². The second kappa shape index (κ2) is 5.10. The summed E-state index contributed by atoms with van der Waals surface area (Å²) in [6, 6.07) is 4.34. The number of aromatic nitrogens is 1. The number of pyridine rings is 1. The smallest absolute Gasteiger partial charge is 0.123 e. The van der Waals surface area contributed by atoms with Crippen LogP contribution in [0.25, 0.3) is 0 Å². The Bertz CT molecular complexity index is 273. The average molecular weight is 211 g/mol. The first-order chi connectivity index (χ1) is 6.65. The number of anilines is 2. The van der Waals surface area contributed by atoms with E-state index < -0.39 is 0 Å². The van der Waals surface area contributed by atoms with Crippen LogP contribution in [0.3, 0.4) is 0 Å². The largest absolute Gasteiger partial charge is 0.384 e. The zero-order chi connectivity index (χ0) is 10.6. The molecule has 2 N–H and O–H groups in total. The molecule has 4 heteroatoms. The van der Waals surface area contributed by atoms with E-state index in [1.807, 2.05) is 30.1 Å². The number of rotatable bonds is 4. The van der Waals surface area contributed by atoms with Crippen molar-refractivity contribution in [3.8, 4) is 0 Å². The van der Waals surface area contributed by atoms with E-state index in [2.05, 4.69) is 30.1 Å². The maximum atomic E-state index is 5.53. The van der Waals surface area contributed by atoms with Gasteiger partial charge < -0.3 is 10.6 Å². The molecule has 1 rings (SSSR count). The highest BCUT2D eigenvalue weighted by atomic mass is 32.2. The Morgan fingerprint density at radius 3 is 2.79 bits per heavy atom. The van der Waals surface area contributed by atoms with Crippen molar-refractivity contribution in [2.45, 2.75) is 13.0 Å². The summed E-state index contributed by atoms with van der Waals surface area (Å²) in [5.41, 5.74) is 6.64. The Morgan fingerprint density at radius 2 is 2.29 bits per heavy atom. The SMILES string of the molecule is CSCC(C)N(C)c1ccc(N)nc1. The van der Waals surface area contributed by atoms with Gasteiger partial charge in [0.1, 0.15) is 5.82 Å². The predicted octanol–water partition coefficient (Wildman–Crippen LogP) is 1.85. The van der Waals surface area contributed by atoms with Gasteiger partial charge in [0.15, 0.2) is 0 Å². The molecule has 0 saturated carbocycles. The summed E-state index contributed by atoms with van der Waals surface area (Å²) in [6.45, 7) is 2.20. The molecule has 0 aromatic carbocycles. The van der Waals surface area contributed by atoms with Crippen LogP contribution in [0.15, 0.2) is 18.3 Å². The van der Waals surface area contributed by atoms with Crippen LogP contribution in [-0.2, 0) is 0 Å². The first kappa shape index (κ1) is 11.2. The van der Waals surface area contributed by atoms with E-state index in [4.69, 9.17) is 5.73 Å². The molecule has 1 atom stereocenters. The lowest BCUT2D eigenvalue weighted by atomic mass is 10.3. The first-order valence-electron chi connectivity index (χ1n) is 4.58. The van der Waals surface area contributed by atoms with Crippen LogP contribution >= 0.6 is 11.8 Å². The summed E-state index contributed by atoms with van der Waals surface area (Å²) in [7, 11) is 2.08. The van der Waals surface area contributed by atoms with Gasteiger partial charge >= 0.3 is 0 Å². The molecule has 0 saturated heterocycles. The molecule has 14 heavy (non-hydrogen) atoms. The maximum absolute atomic E-state index is 5.53. The van der Waals surface area contributed by atoms with Gasteiger partial charge in [0, 0.05) is 18.8 Å². The molecule has 0 bridgehead atoms. The Hall–Kier alpha value is -0.900. The zero-order valence-electron chi connectivity index (χ0n) is 8.90. The van der Waals surface area contributed by atoms with E-state index in [0.717, 1.165) is 11.4 Å². The van der Waals surface area contributed by atoms with Crippen molar-refractivity contribution in [1.29, 1.82) is 0 Å². The molecule has 1 aromatic rings. The number of nitrogens with zero attached hydrogens (tertiary/aromatic N) is 2. The van der Waals surface area contributed by atoms with Gasteiger partial charge in [-0.2, -0.15) is 11.8 Å². The highest BCUT2D eigenvalue weighted by Crippen LogP contribution is 2.16. The molecule has 1 unspecified atom stereocenters. The molecule has 0 spiro atoms. The van der Waals surface area contributed by atoms with Gasteiger partial charge in [-0.05, 0) is 25.3 Å². The summed E-state index contributed by atoms with van der Waals surface area (Å²) < 4.78 is 0. The minimum Gasteiger partial charge on any atom is -0.384 e. The Balaban J connectivity index is 2.68. The van der Waals surface area contributed by atoms with Crippen molar-refractivity contribution >= 4 is 23.3 Å². The summed E-state index contributed by atoms with van der Waals surface area (Å²) >= 11 is 1.85. The van der Waals surface area contributed by atoms with Gasteiger partial charge in [0.25, 0.3) is 0 Å². The summed E-state index contributed by atoms with van der Waals surface area (Å²) in [5.74, 6) is 1.68. The molecular weight excluding hydrogens is 194 g/mol. The lowest BCUT2D eigenvalue weighted by Gasteiger charge is -2.26. The van der Waals surface area contributed by atoms with Crippen LogP contribution in [0.5, 0.6) is 0 Å². The Morgan fingerprint density at radius 1 is 1.57 bits per heavy atom. The fraction of sp³-hybridized carbons (Fsp3) is 0.500. The van der Waals surface area contributed by atoms with Crippen molar-refractivity contribution in [3.05, 3.63) is 18.3 Å². The first-order valence-corrected chi connectivity index (χ1v) is 5.98. The highest BCUT2D eigenvalue weighted by molar-refractivity contribution is 7.98. The predicted molar refractivity (Wildman–Crippen MR) is 64.9 cm³/mol. The second-order valence-corrected chi connectivity index (χ2v) is 4.27. The Kier molecular flexibility index (Phi) is 4.07. The third-order valence-corrected chi connectivity index (χ3v) is 3.06. The van der Waals surface area contributed by atoms with Crippen LogP contribution in [-0.4, -0.2) is 30.1 Å². The minimum absolute atomic E-state index is 0.510. The van der Waals surface area contributed by atoms with E-state index in [0.29, 0.717) is 11.9 Å². The molecule has 0 radical (unpaired) electrons. The van der Waals surface area contributed by atoms with Crippen LogP contribution in [0.4, 0.5) is 11.5 Å². The van der Waals surface area contributed by atoms with Crippen LogP contribution in [0.2, 0.25) is 0 Å². The third-order valence-electron chi connectivity index (χ3n) is 2.25. The monoisotopic (exact) mass is 211 g/mol. The highest BCUT2D eigenvalue weighted by Gasteiger charge is 2.08. The topological polar surface area (TPSA) is 42.1 Å². The van der Waals surface area contributed by atoms with Gasteiger partial charge in [0.2, 0.25) is 0 Å². The van der Waals surface area contributed by atoms with E-state index in [-0.39, 0.29) is 0 Å². The molecule has 0 aliphatic rings. The molecule has 3 nitrogen and oxygen atoms in total. The molecule has 78 valence electrons. The van der Waals surface area contributed by atoms with E-state index >= 15 is 0 Å². The Labute approximate surface area is 89.7 Å². The standard InChI is InChI=1S/C10H17N3S/c1-8(7-14-3)13(2)9-4-5-10(11)12-6-9/h4-6,8H,7H2,1-3H3,(H2,11,12). The lowest BCUT2D eigenvalue weighted by Crippen LogP contribution is -2.30. The summed E-state index contributed by atoms with van der Waals surface area (Å²) in [5, 5.41) is 0. The van der Waals surface area contributed by atoms with Crippen LogP contribution in [0, 0.1) is 0 Å². The quantitative estimate of drug-likeness (QED) is 0.825. The molecule has 0 amide bonds. The van der Waals surface area contributed by atoms with E-state index in [9.17, 15) is 0 Å². The second-order valence-electron chi connectivity index (χ2n) is 3.36. The summed E-state index contributed by atoms with van der Waals surface area (Å²) in [4.78, 5) is 6.28. The zero-order valence-corrected chi connectivity index (χ0v) is 9.71. The van der Waals surface area contributed by atoms with E-state index in [1.54, 1.807) is 0 Å². The normalized spacial score (nSPS) is 12.5. The number of hydrogen-bond acceptors (Lipinski definition) is 4. The van der Waals surface area contributed by atoms with Crippen molar-refractivity contribution < 1.29 is 0 Å². The van der Waals surface area contributed by atoms with Gasteiger partial charge in [-0.3, -0.25) is 0 Å². The lowest BCUT2D eigenvalue weighted by molar-refractivity contribution is 0.764. The maximum Gasteiger partial charge on any atom is 0.123 e. The van der Waals surface area contributed by atoms with E-state index in [1.165, 1.54) is 0 Å². The van der Waals surface area contributed by atoms with Crippen molar-refractivity contribution in [2.24, 2.45) is 0 Å². The van der Waals surface area contributed by atoms with Gasteiger partial charge in [-0.25, -0.2) is 4.98 Å². The number of nitrogens with two attached hydrogens (primary N) is 1. The minimum atomic E-state index is 0.510. The fourth-order valence-corrected chi connectivity index (χ4v) is 1.92. The fourth-order valence-electron chi connectivity index (χ4n) is 1.21.